The Labute approximate surface area is 160 Å². The van der Waals surface area contributed by atoms with Gasteiger partial charge in [0.25, 0.3) is 5.56 Å². The van der Waals surface area contributed by atoms with Crippen molar-refractivity contribution in [2.45, 2.75) is 62.8 Å². The number of nitrogens with two attached hydrogens (primary N) is 1. The molecular formula is C18H23N3O3S2. The van der Waals surface area contributed by atoms with Crippen LogP contribution in [-0.2, 0) is 28.9 Å². The van der Waals surface area contributed by atoms with Crippen molar-refractivity contribution >= 4 is 39.2 Å². The second-order valence-corrected chi connectivity index (χ2v) is 9.05. The Hall–Kier alpha value is -1.38. The molecule has 0 aromatic carbocycles. The van der Waals surface area contributed by atoms with Crippen molar-refractivity contribution in [3.8, 4) is 0 Å². The average Bonchev–Trinajstić information content (AvgIpc) is 3.25. The molecule has 140 valence electrons. The van der Waals surface area contributed by atoms with Crippen molar-refractivity contribution in [2.24, 2.45) is 5.73 Å². The number of rotatable bonds is 6. The molecule has 2 aromatic heterocycles. The molecule has 0 unspecified atom stereocenters. The lowest BCUT2D eigenvalue weighted by Crippen LogP contribution is -2.29. The summed E-state index contributed by atoms with van der Waals surface area (Å²) in [5.74, 6) is 0.197. The molecule has 3 heterocycles. The highest BCUT2D eigenvalue weighted by atomic mass is 32.2. The molecule has 4 rings (SSSR count). The molecule has 2 aromatic rings. The van der Waals surface area contributed by atoms with Gasteiger partial charge < -0.3 is 10.5 Å². The number of ether oxygens (including phenoxy) is 1. The minimum absolute atomic E-state index is 0.0477. The molecule has 1 aliphatic carbocycles. The quantitative estimate of drug-likeness (QED) is 0.602. The lowest BCUT2D eigenvalue weighted by Gasteiger charge is -2.16. The normalized spacial score (nSPS) is 19.8. The van der Waals surface area contributed by atoms with E-state index < -0.39 is 0 Å². The van der Waals surface area contributed by atoms with Crippen molar-refractivity contribution in [3.05, 3.63) is 20.8 Å². The summed E-state index contributed by atoms with van der Waals surface area (Å²) in [6.07, 6.45) is 6.69. The zero-order valence-electron chi connectivity index (χ0n) is 14.7. The van der Waals surface area contributed by atoms with Crippen molar-refractivity contribution in [1.82, 2.24) is 9.55 Å². The fraction of sp³-hybridized carbons (Fsp3) is 0.611. The van der Waals surface area contributed by atoms with Crippen LogP contribution in [0.1, 0.15) is 42.5 Å². The highest BCUT2D eigenvalue weighted by Crippen LogP contribution is 2.35. The largest absolute Gasteiger partial charge is 0.376 e. The van der Waals surface area contributed by atoms with Crippen LogP contribution in [0.5, 0.6) is 0 Å². The number of thioether (sulfide) groups is 1. The third-order valence-corrected chi connectivity index (χ3v) is 7.19. The highest BCUT2D eigenvalue weighted by molar-refractivity contribution is 7.99. The Kier molecular flexibility index (Phi) is 5.33. The number of fused-ring (bicyclic) bond motifs is 3. The van der Waals surface area contributed by atoms with E-state index in [-0.39, 0.29) is 24.0 Å². The maximum Gasteiger partial charge on any atom is 0.263 e. The van der Waals surface area contributed by atoms with Crippen LogP contribution in [0.4, 0.5) is 0 Å². The summed E-state index contributed by atoms with van der Waals surface area (Å²) >= 11 is 3.09. The molecule has 1 amide bonds. The average molecular weight is 394 g/mol. The van der Waals surface area contributed by atoms with Crippen LogP contribution in [0.25, 0.3) is 10.2 Å². The zero-order chi connectivity index (χ0) is 18.1. The molecule has 0 saturated carbocycles. The Morgan fingerprint density at radius 2 is 2.19 bits per heavy atom. The molecule has 0 bridgehead atoms. The lowest BCUT2D eigenvalue weighted by atomic mass is 9.97. The first-order valence-electron chi connectivity index (χ1n) is 9.21. The molecule has 8 heteroatoms. The monoisotopic (exact) mass is 393 g/mol. The van der Waals surface area contributed by atoms with E-state index in [2.05, 4.69) is 0 Å². The van der Waals surface area contributed by atoms with Gasteiger partial charge in [-0.05, 0) is 44.1 Å². The predicted octanol–water partition coefficient (Wildman–Crippen LogP) is 2.48. The highest BCUT2D eigenvalue weighted by Gasteiger charge is 2.24. The maximum atomic E-state index is 13.3. The van der Waals surface area contributed by atoms with Gasteiger partial charge in [0, 0.05) is 23.7 Å². The van der Waals surface area contributed by atoms with Gasteiger partial charge in [0.2, 0.25) is 5.91 Å². The summed E-state index contributed by atoms with van der Waals surface area (Å²) in [5, 5.41) is 1.49. The minimum Gasteiger partial charge on any atom is -0.376 e. The molecule has 6 nitrogen and oxygen atoms in total. The Morgan fingerprint density at radius 1 is 1.35 bits per heavy atom. The van der Waals surface area contributed by atoms with Gasteiger partial charge in [0.05, 0.1) is 18.0 Å². The van der Waals surface area contributed by atoms with Gasteiger partial charge in [-0.15, -0.1) is 11.3 Å². The minimum atomic E-state index is -0.335. The van der Waals surface area contributed by atoms with Crippen LogP contribution < -0.4 is 11.3 Å². The molecule has 1 aliphatic heterocycles. The Morgan fingerprint density at radius 3 is 2.96 bits per heavy atom. The number of carbonyl (C=O) groups is 1. The van der Waals surface area contributed by atoms with Gasteiger partial charge in [-0.25, -0.2) is 4.98 Å². The van der Waals surface area contributed by atoms with Crippen molar-refractivity contribution in [3.63, 3.8) is 0 Å². The molecule has 26 heavy (non-hydrogen) atoms. The third kappa shape index (κ3) is 3.54. The maximum absolute atomic E-state index is 13.3. The smallest absolute Gasteiger partial charge is 0.263 e. The van der Waals surface area contributed by atoms with E-state index in [9.17, 15) is 9.59 Å². The van der Waals surface area contributed by atoms with Crippen molar-refractivity contribution in [1.29, 1.82) is 0 Å². The van der Waals surface area contributed by atoms with Crippen LogP contribution in [-0.4, -0.2) is 33.9 Å². The van der Waals surface area contributed by atoms with Gasteiger partial charge >= 0.3 is 0 Å². The number of hydrogen-bond donors (Lipinski definition) is 1. The summed E-state index contributed by atoms with van der Waals surface area (Å²) in [6, 6.07) is 0. The first kappa shape index (κ1) is 18.0. The van der Waals surface area contributed by atoms with E-state index in [4.69, 9.17) is 15.5 Å². The van der Waals surface area contributed by atoms with Gasteiger partial charge in [-0.1, -0.05) is 11.8 Å². The van der Waals surface area contributed by atoms with Crippen LogP contribution in [0.2, 0.25) is 0 Å². The fourth-order valence-corrected chi connectivity index (χ4v) is 5.99. The zero-order valence-corrected chi connectivity index (χ0v) is 16.3. The van der Waals surface area contributed by atoms with E-state index in [0.29, 0.717) is 17.5 Å². The van der Waals surface area contributed by atoms with Gasteiger partial charge in [0.15, 0.2) is 5.16 Å². The first-order valence-corrected chi connectivity index (χ1v) is 11.0. The Bertz CT molecular complexity index is 884. The molecule has 1 atom stereocenters. The summed E-state index contributed by atoms with van der Waals surface area (Å²) in [4.78, 5) is 31.4. The van der Waals surface area contributed by atoms with Crippen molar-refractivity contribution in [2.75, 3.05) is 12.4 Å². The predicted molar refractivity (Wildman–Crippen MR) is 104 cm³/mol. The number of thiophene rings is 1. The van der Waals surface area contributed by atoms with Crippen LogP contribution in [0, 0.1) is 0 Å². The fourth-order valence-electron chi connectivity index (χ4n) is 3.73. The Balaban J connectivity index is 1.75. The number of nitrogens with zero attached hydrogens (tertiary/aromatic N) is 2. The van der Waals surface area contributed by atoms with E-state index in [1.54, 1.807) is 15.9 Å². The van der Waals surface area contributed by atoms with Crippen LogP contribution in [0.15, 0.2) is 9.95 Å². The van der Waals surface area contributed by atoms with E-state index in [1.807, 2.05) is 0 Å². The molecule has 2 N–H and O–H groups in total. The third-order valence-electron chi connectivity index (χ3n) is 5.03. The van der Waals surface area contributed by atoms with Gasteiger partial charge in [0.1, 0.15) is 4.83 Å². The van der Waals surface area contributed by atoms with Crippen molar-refractivity contribution < 1.29 is 9.53 Å². The lowest BCUT2D eigenvalue weighted by molar-refractivity contribution is -0.117. The van der Waals surface area contributed by atoms with Gasteiger partial charge in [-0.3, -0.25) is 14.2 Å². The second-order valence-electron chi connectivity index (χ2n) is 6.90. The SMILES string of the molecule is NC(=O)CCSc1nc2sc3c(c2c(=O)n1C[C@H]1CCCO1)CCCC3. The number of amides is 1. The first-order chi connectivity index (χ1) is 12.6. The molecule has 0 radical (unpaired) electrons. The number of aromatic nitrogens is 2. The summed E-state index contributed by atoms with van der Waals surface area (Å²) in [5.41, 5.74) is 6.51. The molecule has 0 spiro atoms. The van der Waals surface area contributed by atoms with E-state index >= 15 is 0 Å². The molecule has 2 aliphatic rings. The molecule has 1 saturated heterocycles. The molecular weight excluding hydrogens is 370 g/mol. The van der Waals surface area contributed by atoms with E-state index in [1.165, 1.54) is 28.6 Å². The summed E-state index contributed by atoms with van der Waals surface area (Å²) in [6.45, 7) is 1.29. The number of aryl methyl sites for hydroxylation is 2. The van der Waals surface area contributed by atoms with Gasteiger partial charge in [-0.2, -0.15) is 0 Å². The number of primary amides is 1. The summed E-state index contributed by atoms with van der Waals surface area (Å²) < 4.78 is 7.52. The van der Waals surface area contributed by atoms with Crippen LogP contribution in [0.3, 0.4) is 0 Å². The second kappa shape index (κ2) is 7.70. The number of hydrogen-bond acceptors (Lipinski definition) is 6. The standard InChI is InChI=1S/C18H23N3O3S2/c19-14(22)7-9-25-18-20-16-15(12-5-1-2-6-13(12)26-16)17(23)21(18)10-11-4-3-8-24-11/h11H,1-10H2,(H2,19,22)/t11-/m1/s1. The van der Waals surface area contributed by atoms with E-state index in [0.717, 1.165) is 48.9 Å². The van der Waals surface area contributed by atoms with Crippen LogP contribution >= 0.6 is 23.1 Å². The molecule has 1 fully saturated rings. The number of carbonyl (C=O) groups excluding carboxylic acids is 1. The topological polar surface area (TPSA) is 87.2 Å². The summed E-state index contributed by atoms with van der Waals surface area (Å²) in [7, 11) is 0.